The van der Waals surface area contributed by atoms with E-state index in [1.165, 1.54) is 5.57 Å². The predicted molar refractivity (Wildman–Crippen MR) is 103 cm³/mol. The molecular formula is C19H29ClN2O3. The van der Waals surface area contributed by atoms with Gasteiger partial charge in [0.15, 0.2) is 11.5 Å². The van der Waals surface area contributed by atoms with Gasteiger partial charge in [-0.1, -0.05) is 25.0 Å². The van der Waals surface area contributed by atoms with Crippen molar-refractivity contribution in [1.29, 1.82) is 0 Å². The summed E-state index contributed by atoms with van der Waals surface area (Å²) < 4.78 is 11.4. The molecule has 2 rings (SSSR count). The molecule has 0 aromatic heterocycles. The zero-order valence-electron chi connectivity index (χ0n) is 15.1. The molecule has 1 aliphatic rings. The average Bonchev–Trinajstić information content (AvgIpc) is 2.62. The summed E-state index contributed by atoms with van der Waals surface area (Å²) in [7, 11) is 0. The van der Waals surface area contributed by atoms with Crippen LogP contribution < -0.4 is 20.1 Å². The van der Waals surface area contributed by atoms with Crippen molar-refractivity contribution in [2.24, 2.45) is 0 Å². The highest BCUT2D eigenvalue weighted by Gasteiger charge is 2.12. The van der Waals surface area contributed by atoms with Crippen molar-refractivity contribution in [3.8, 4) is 11.5 Å². The first-order valence-electron chi connectivity index (χ1n) is 8.81. The SMILES string of the molecule is CCCCOc1ccc(C(=O)NCC2=CCNCC2)cc1OCC.Cl. The molecule has 1 amide bonds. The fraction of sp³-hybridized carbons (Fsp3) is 0.526. The van der Waals surface area contributed by atoms with Crippen LogP contribution in [0.1, 0.15) is 43.5 Å². The van der Waals surface area contributed by atoms with E-state index in [0.717, 1.165) is 32.4 Å². The Balaban J connectivity index is 0.00000312. The smallest absolute Gasteiger partial charge is 0.251 e. The Morgan fingerprint density at radius 1 is 1.24 bits per heavy atom. The lowest BCUT2D eigenvalue weighted by atomic mass is 10.1. The standard InChI is InChI=1S/C19H28N2O3.ClH/c1-3-5-12-24-17-7-6-16(13-18(17)23-4-2)19(22)21-14-15-8-10-20-11-9-15;/h6-8,13,20H,3-5,9-12,14H2,1-2H3,(H,21,22);1H. The number of amides is 1. The molecule has 0 saturated heterocycles. The summed E-state index contributed by atoms with van der Waals surface area (Å²) in [5, 5.41) is 6.24. The number of carbonyl (C=O) groups is 1. The van der Waals surface area contributed by atoms with Gasteiger partial charge in [0.05, 0.1) is 13.2 Å². The molecule has 6 heteroatoms. The van der Waals surface area contributed by atoms with E-state index in [9.17, 15) is 4.79 Å². The van der Waals surface area contributed by atoms with E-state index in [1.54, 1.807) is 12.1 Å². The van der Waals surface area contributed by atoms with E-state index in [1.807, 2.05) is 13.0 Å². The lowest BCUT2D eigenvalue weighted by Crippen LogP contribution is -2.29. The molecule has 1 aromatic carbocycles. The van der Waals surface area contributed by atoms with Gasteiger partial charge in [-0.25, -0.2) is 0 Å². The van der Waals surface area contributed by atoms with E-state index < -0.39 is 0 Å². The van der Waals surface area contributed by atoms with Crippen molar-refractivity contribution in [3.63, 3.8) is 0 Å². The molecule has 25 heavy (non-hydrogen) atoms. The van der Waals surface area contributed by atoms with Crippen molar-refractivity contribution < 1.29 is 14.3 Å². The third-order valence-corrected chi connectivity index (χ3v) is 3.90. The fourth-order valence-corrected chi connectivity index (χ4v) is 2.49. The summed E-state index contributed by atoms with van der Waals surface area (Å²) in [4.78, 5) is 12.4. The van der Waals surface area contributed by atoms with Crippen LogP contribution in [0.15, 0.2) is 29.8 Å². The minimum absolute atomic E-state index is 0. The first kappa shape index (κ1) is 21.3. The maximum absolute atomic E-state index is 12.4. The van der Waals surface area contributed by atoms with Crippen LogP contribution in [-0.4, -0.2) is 38.8 Å². The normalized spacial score (nSPS) is 13.4. The topological polar surface area (TPSA) is 59.6 Å². The van der Waals surface area contributed by atoms with Gasteiger partial charge in [0.2, 0.25) is 0 Å². The molecule has 1 aromatic rings. The molecule has 5 nitrogen and oxygen atoms in total. The van der Waals surface area contributed by atoms with Gasteiger partial charge >= 0.3 is 0 Å². The average molecular weight is 369 g/mol. The van der Waals surface area contributed by atoms with E-state index in [-0.39, 0.29) is 18.3 Å². The fourth-order valence-electron chi connectivity index (χ4n) is 2.49. The number of ether oxygens (including phenoxy) is 2. The molecule has 1 aliphatic heterocycles. The second-order valence-electron chi connectivity index (χ2n) is 5.80. The highest BCUT2D eigenvalue weighted by atomic mass is 35.5. The molecule has 0 saturated carbocycles. The van der Waals surface area contributed by atoms with E-state index >= 15 is 0 Å². The van der Waals surface area contributed by atoms with Crippen molar-refractivity contribution in [1.82, 2.24) is 10.6 Å². The molecule has 0 unspecified atom stereocenters. The van der Waals surface area contributed by atoms with E-state index in [4.69, 9.17) is 9.47 Å². The molecule has 1 heterocycles. The molecular weight excluding hydrogens is 340 g/mol. The van der Waals surface area contributed by atoms with Crippen LogP contribution in [0.2, 0.25) is 0 Å². The Labute approximate surface area is 156 Å². The Hall–Kier alpha value is -1.72. The summed E-state index contributed by atoms with van der Waals surface area (Å²) in [6, 6.07) is 5.37. The second-order valence-corrected chi connectivity index (χ2v) is 5.80. The largest absolute Gasteiger partial charge is 0.490 e. The van der Waals surface area contributed by atoms with Crippen LogP contribution in [0.3, 0.4) is 0 Å². The Bertz CT molecular complexity index is 576. The number of halogens is 1. The maximum atomic E-state index is 12.4. The van der Waals surface area contributed by atoms with Gasteiger partial charge in [-0.15, -0.1) is 12.4 Å². The summed E-state index contributed by atoms with van der Waals surface area (Å²) in [6.45, 7) is 7.69. The van der Waals surface area contributed by atoms with Gasteiger partial charge in [0.1, 0.15) is 0 Å². The Morgan fingerprint density at radius 2 is 2.08 bits per heavy atom. The van der Waals surface area contributed by atoms with Crippen LogP contribution >= 0.6 is 12.4 Å². The van der Waals surface area contributed by atoms with Gasteiger partial charge < -0.3 is 20.1 Å². The first-order valence-corrected chi connectivity index (χ1v) is 8.81. The Morgan fingerprint density at radius 3 is 2.76 bits per heavy atom. The zero-order valence-corrected chi connectivity index (χ0v) is 15.9. The zero-order chi connectivity index (χ0) is 17.2. The summed E-state index contributed by atoms with van der Waals surface area (Å²) >= 11 is 0. The molecule has 0 radical (unpaired) electrons. The summed E-state index contributed by atoms with van der Waals surface area (Å²) in [5.74, 6) is 1.24. The molecule has 140 valence electrons. The molecule has 0 aliphatic carbocycles. The monoisotopic (exact) mass is 368 g/mol. The van der Waals surface area contributed by atoms with Crippen LogP contribution in [0.5, 0.6) is 11.5 Å². The van der Waals surface area contributed by atoms with Crippen LogP contribution in [-0.2, 0) is 0 Å². The number of carbonyl (C=O) groups excluding carboxylic acids is 1. The first-order chi connectivity index (χ1) is 11.7. The van der Waals surface area contributed by atoms with E-state index in [0.29, 0.717) is 36.8 Å². The van der Waals surface area contributed by atoms with Crippen molar-refractivity contribution in [2.75, 3.05) is 32.8 Å². The van der Waals surface area contributed by atoms with Gasteiger partial charge in [0.25, 0.3) is 5.91 Å². The molecule has 0 spiro atoms. The van der Waals surface area contributed by atoms with Gasteiger partial charge in [-0.3, -0.25) is 4.79 Å². The lowest BCUT2D eigenvalue weighted by Gasteiger charge is -2.15. The summed E-state index contributed by atoms with van der Waals surface area (Å²) in [6.07, 6.45) is 5.20. The van der Waals surface area contributed by atoms with E-state index in [2.05, 4.69) is 23.6 Å². The van der Waals surface area contributed by atoms with Gasteiger partial charge in [-0.05, 0) is 44.5 Å². The number of unbranched alkanes of at least 4 members (excludes halogenated alkanes) is 1. The third kappa shape index (κ3) is 6.96. The predicted octanol–water partition coefficient (Wildman–Crippen LogP) is 3.34. The number of hydrogen-bond acceptors (Lipinski definition) is 4. The highest BCUT2D eigenvalue weighted by Crippen LogP contribution is 2.28. The summed E-state index contributed by atoms with van der Waals surface area (Å²) in [5.41, 5.74) is 1.86. The van der Waals surface area contributed by atoms with Crippen LogP contribution in [0.4, 0.5) is 0 Å². The quantitative estimate of drug-likeness (QED) is 0.518. The number of benzene rings is 1. The molecule has 0 atom stereocenters. The maximum Gasteiger partial charge on any atom is 0.251 e. The Kier molecular flexibility index (Phi) is 10.0. The number of rotatable bonds is 9. The second kappa shape index (κ2) is 11.8. The van der Waals surface area contributed by atoms with Crippen LogP contribution in [0, 0.1) is 0 Å². The minimum Gasteiger partial charge on any atom is -0.490 e. The van der Waals surface area contributed by atoms with Gasteiger partial charge in [-0.2, -0.15) is 0 Å². The molecule has 2 N–H and O–H groups in total. The number of nitrogens with one attached hydrogen (secondary N) is 2. The van der Waals surface area contributed by atoms with Gasteiger partial charge in [0, 0.05) is 18.7 Å². The highest BCUT2D eigenvalue weighted by molar-refractivity contribution is 5.95. The van der Waals surface area contributed by atoms with Crippen LogP contribution in [0.25, 0.3) is 0 Å². The third-order valence-electron chi connectivity index (χ3n) is 3.90. The molecule has 0 bridgehead atoms. The number of hydrogen-bond donors (Lipinski definition) is 2. The van der Waals surface area contributed by atoms with Crippen molar-refractivity contribution >= 4 is 18.3 Å². The lowest BCUT2D eigenvalue weighted by molar-refractivity contribution is 0.0956. The molecule has 0 fully saturated rings. The minimum atomic E-state index is -0.0875. The van der Waals surface area contributed by atoms with Crippen molar-refractivity contribution in [2.45, 2.75) is 33.1 Å². The van der Waals surface area contributed by atoms with Crippen molar-refractivity contribution in [3.05, 3.63) is 35.4 Å².